The number of hydrogen-bond donors (Lipinski definition) is 2. The summed E-state index contributed by atoms with van der Waals surface area (Å²) in [7, 11) is 1.51. The van der Waals surface area contributed by atoms with Gasteiger partial charge in [-0.15, -0.1) is 0 Å². The summed E-state index contributed by atoms with van der Waals surface area (Å²) in [5.41, 5.74) is 9.26. The zero-order valence-electron chi connectivity index (χ0n) is 15.5. The van der Waals surface area contributed by atoms with Crippen LogP contribution in [0.3, 0.4) is 0 Å². The number of para-hydroxylation sites is 1. The number of aliphatic imine (C=N–C) groups is 1. The van der Waals surface area contributed by atoms with Crippen molar-refractivity contribution in [2.75, 3.05) is 7.11 Å². The number of rotatable bonds is 5. The van der Waals surface area contributed by atoms with Crippen LogP contribution < -0.4 is 15.9 Å². The fourth-order valence-corrected chi connectivity index (χ4v) is 2.68. The van der Waals surface area contributed by atoms with E-state index in [1.54, 1.807) is 12.1 Å². The quantitative estimate of drug-likeness (QED) is 0.414. The van der Waals surface area contributed by atoms with Gasteiger partial charge >= 0.3 is 6.18 Å². The lowest BCUT2D eigenvalue weighted by molar-refractivity contribution is -0.137. The van der Waals surface area contributed by atoms with Crippen LogP contribution in [-0.2, 0) is 6.18 Å². The molecule has 0 saturated heterocycles. The molecular weight excluding hydrogens is 393 g/mol. The third-order valence-electron chi connectivity index (χ3n) is 3.73. The van der Waals surface area contributed by atoms with Gasteiger partial charge in [-0.25, -0.2) is 10.4 Å². The van der Waals surface area contributed by atoms with E-state index in [-0.39, 0.29) is 17.6 Å². The van der Waals surface area contributed by atoms with E-state index in [0.717, 1.165) is 12.1 Å². The van der Waals surface area contributed by atoms with Gasteiger partial charge in [-0.1, -0.05) is 31.5 Å². The smallest absolute Gasteiger partial charge is 0.416 e. The highest BCUT2D eigenvalue weighted by molar-refractivity contribution is 6.32. The molecule has 0 aromatic heterocycles. The molecule has 0 aliphatic carbocycles. The Balaban J connectivity index is 2.26. The summed E-state index contributed by atoms with van der Waals surface area (Å²) < 4.78 is 43.2. The van der Waals surface area contributed by atoms with Crippen LogP contribution in [0.2, 0.25) is 5.02 Å². The number of nitrogens with two attached hydrogens (primary N) is 1. The molecule has 28 heavy (non-hydrogen) atoms. The molecule has 0 atom stereocenters. The first-order chi connectivity index (χ1) is 13.1. The average molecular weight is 413 g/mol. The number of nitrogens with zero attached hydrogens (tertiary/aromatic N) is 2. The predicted octanol–water partition coefficient (Wildman–Crippen LogP) is 4.96. The van der Waals surface area contributed by atoms with Gasteiger partial charge in [0, 0.05) is 5.56 Å². The lowest BCUT2D eigenvalue weighted by Crippen LogP contribution is -2.29. The molecule has 0 aliphatic rings. The SMILES string of the molecule is COc1c(Cl)cccc1/C(=N/NC(N)=Nc1ccc(C(F)(F)F)cc1)C(C)C. The monoisotopic (exact) mass is 412 g/mol. The summed E-state index contributed by atoms with van der Waals surface area (Å²) in [4.78, 5) is 4.02. The van der Waals surface area contributed by atoms with Crippen molar-refractivity contribution in [3.05, 3.63) is 58.6 Å². The van der Waals surface area contributed by atoms with E-state index in [1.807, 2.05) is 19.9 Å². The van der Waals surface area contributed by atoms with Crippen LogP contribution in [0.15, 0.2) is 52.6 Å². The van der Waals surface area contributed by atoms with Crippen molar-refractivity contribution >= 4 is 29.0 Å². The largest absolute Gasteiger partial charge is 0.494 e. The van der Waals surface area contributed by atoms with E-state index in [9.17, 15) is 13.2 Å². The van der Waals surface area contributed by atoms with E-state index in [2.05, 4.69) is 15.5 Å². The van der Waals surface area contributed by atoms with E-state index < -0.39 is 11.7 Å². The number of nitrogens with one attached hydrogen (secondary N) is 1. The molecule has 0 radical (unpaired) electrons. The van der Waals surface area contributed by atoms with Crippen LogP contribution in [-0.4, -0.2) is 18.8 Å². The number of alkyl halides is 3. The molecule has 0 spiro atoms. The van der Waals surface area contributed by atoms with Gasteiger partial charge < -0.3 is 10.5 Å². The van der Waals surface area contributed by atoms with Gasteiger partial charge in [0.2, 0.25) is 5.96 Å². The Morgan fingerprint density at radius 1 is 1.14 bits per heavy atom. The van der Waals surface area contributed by atoms with Crippen molar-refractivity contribution in [1.82, 2.24) is 5.43 Å². The molecule has 9 heteroatoms. The molecule has 0 unspecified atom stereocenters. The topological polar surface area (TPSA) is 72.0 Å². The maximum Gasteiger partial charge on any atom is 0.416 e. The number of hydrogen-bond acceptors (Lipinski definition) is 3. The van der Waals surface area contributed by atoms with Gasteiger partial charge in [0.05, 0.1) is 29.1 Å². The Labute approximate surface area is 166 Å². The Kier molecular flexibility index (Phi) is 6.90. The van der Waals surface area contributed by atoms with E-state index in [0.29, 0.717) is 22.0 Å². The Hall–Kier alpha value is -2.74. The normalized spacial score (nSPS) is 13.0. The minimum atomic E-state index is -4.40. The summed E-state index contributed by atoms with van der Waals surface area (Å²) in [6.45, 7) is 3.87. The van der Waals surface area contributed by atoms with Gasteiger partial charge in [0.25, 0.3) is 0 Å². The van der Waals surface area contributed by atoms with E-state index >= 15 is 0 Å². The highest BCUT2D eigenvalue weighted by Crippen LogP contribution is 2.31. The number of halogens is 4. The third kappa shape index (κ3) is 5.39. The molecule has 2 aromatic carbocycles. The molecule has 2 aromatic rings. The van der Waals surface area contributed by atoms with Gasteiger partial charge in [-0.2, -0.15) is 18.3 Å². The number of guanidine groups is 1. The first-order valence-electron chi connectivity index (χ1n) is 8.31. The predicted molar refractivity (Wildman–Crippen MR) is 105 cm³/mol. The zero-order valence-corrected chi connectivity index (χ0v) is 16.3. The molecule has 3 N–H and O–H groups in total. The van der Waals surface area contributed by atoms with Gasteiger partial charge in [-0.05, 0) is 42.3 Å². The number of ether oxygens (including phenoxy) is 1. The van der Waals surface area contributed by atoms with Crippen LogP contribution in [0.5, 0.6) is 5.75 Å². The second kappa shape index (κ2) is 8.97. The first kappa shape index (κ1) is 21.6. The van der Waals surface area contributed by atoms with Crippen molar-refractivity contribution in [2.24, 2.45) is 21.7 Å². The second-order valence-electron chi connectivity index (χ2n) is 6.13. The Morgan fingerprint density at radius 3 is 2.32 bits per heavy atom. The molecule has 5 nitrogen and oxygen atoms in total. The highest BCUT2D eigenvalue weighted by Gasteiger charge is 2.29. The minimum absolute atomic E-state index is 0.00117. The van der Waals surface area contributed by atoms with Crippen LogP contribution in [0.25, 0.3) is 0 Å². The van der Waals surface area contributed by atoms with Crippen LogP contribution in [0.1, 0.15) is 25.0 Å². The molecule has 0 bridgehead atoms. The van der Waals surface area contributed by atoms with E-state index in [4.69, 9.17) is 22.1 Å². The Morgan fingerprint density at radius 2 is 1.79 bits per heavy atom. The molecule has 0 fully saturated rings. The average Bonchev–Trinajstić information content (AvgIpc) is 2.61. The van der Waals surface area contributed by atoms with Crippen molar-refractivity contribution in [2.45, 2.75) is 20.0 Å². The summed E-state index contributed by atoms with van der Waals surface area (Å²) >= 11 is 6.16. The van der Waals surface area contributed by atoms with Crippen LogP contribution >= 0.6 is 11.6 Å². The fraction of sp³-hybridized carbons (Fsp3) is 0.263. The van der Waals surface area contributed by atoms with Gasteiger partial charge in [-0.3, -0.25) is 0 Å². The van der Waals surface area contributed by atoms with Gasteiger partial charge in [0.15, 0.2) is 0 Å². The highest BCUT2D eigenvalue weighted by atomic mass is 35.5. The Bertz CT molecular complexity index is 878. The zero-order chi connectivity index (χ0) is 20.9. The molecule has 0 saturated carbocycles. The molecular formula is C19H20ClF3N4O. The summed E-state index contributed by atoms with van der Waals surface area (Å²) in [6.07, 6.45) is -4.40. The molecule has 0 heterocycles. The molecule has 0 aliphatic heterocycles. The van der Waals surface area contributed by atoms with E-state index in [1.165, 1.54) is 19.2 Å². The molecule has 150 valence electrons. The first-order valence-corrected chi connectivity index (χ1v) is 8.69. The standard InChI is InChI=1S/C19H20ClF3N4O/c1-11(2)16(14-5-4-6-15(20)17(14)28-3)26-27-18(24)25-13-9-7-12(8-10-13)19(21,22)23/h4-11H,1-3H3,(H3,24,25,27)/b26-16+. The summed E-state index contributed by atoms with van der Waals surface area (Å²) in [5.74, 6) is 0.411. The minimum Gasteiger partial charge on any atom is -0.494 e. The van der Waals surface area contributed by atoms with Crippen LogP contribution in [0, 0.1) is 5.92 Å². The number of methoxy groups -OCH3 is 1. The number of hydrazone groups is 1. The van der Waals surface area contributed by atoms with Crippen LogP contribution in [0.4, 0.5) is 18.9 Å². The third-order valence-corrected chi connectivity index (χ3v) is 4.03. The van der Waals surface area contributed by atoms with Crippen molar-refractivity contribution in [3.8, 4) is 5.75 Å². The van der Waals surface area contributed by atoms with Gasteiger partial charge in [0.1, 0.15) is 5.75 Å². The lowest BCUT2D eigenvalue weighted by Gasteiger charge is -2.15. The fourth-order valence-electron chi connectivity index (χ4n) is 2.42. The van der Waals surface area contributed by atoms with Crippen molar-refractivity contribution in [3.63, 3.8) is 0 Å². The lowest BCUT2D eigenvalue weighted by atomic mass is 9.99. The maximum atomic E-state index is 12.6. The second-order valence-corrected chi connectivity index (χ2v) is 6.53. The summed E-state index contributed by atoms with van der Waals surface area (Å²) in [6, 6.07) is 9.62. The molecule has 0 amide bonds. The van der Waals surface area contributed by atoms with Crippen molar-refractivity contribution in [1.29, 1.82) is 0 Å². The maximum absolute atomic E-state index is 12.6. The number of benzene rings is 2. The summed E-state index contributed by atoms with van der Waals surface area (Å²) in [5, 5.41) is 4.73. The molecule has 2 rings (SSSR count). The van der Waals surface area contributed by atoms with Crippen molar-refractivity contribution < 1.29 is 17.9 Å².